The Morgan fingerprint density at radius 2 is 1.55 bits per heavy atom. The molecule has 0 N–H and O–H groups in total. The van der Waals surface area contributed by atoms with Gasteiger partial charge in [-0.15, -0.1) is 0 Å². The van der Waals surface area contributed by atoms with Crippen molar-refractivity contribution in [2.75, 3.05) is 0 Å². The Labute approximate surface area is 182 Å². The predicted octanol–water partition coefficient (Wildman–Crippen LogP) is 8.25. The van der Waals surface area contributed by atoms with Gasteiger partial charge in [-0.05, 0) is 85.8 Å². The van der Waals surface area contributed by atoms with Gasteiger partial charge in [-0.25, -0.2) is 0 Å². The first-order valence-corrected chi connectivity index (χ1v) is 12.0. The van der Waals surface area contributed by atoms with Crippen molar-refractivity contribution in [3.63, 3.8) is 0 Å². The van der Waals surface area contributed by atoms with Crippen LogP contribution in [0.5, 0.6) is 5.75 Å². The van der Waals surface area contributed by atoms with Gasteiger partial charge in [-0.1, -0.05) is 75.9 Å². The Bertz CT molecular complexity index is 739. The molecule has 156 valence electrons. The third kappa shape index (κ3) is 6.67. The van der Waals surface area contributed by atoms with Gasteiger partial charge >= 0.3 is 0 Å². The lowest BCUT2D eigenvalue weighted by Crippen LogP contribution is -2.13. The van der Waals surface area contributed by atoms with Gasteiger partial charge < -0.3 is 4.74 Å². The van der Waals surface area contributed by atoms with E-state index in [4.69, 9.17) is 17.0 Å². The Kier molecular flexibility index (Phi) is 8.73. The lowest BCUT2D eigenvalue weighted by Gasteiger charge is -2.28. The summed E-state index contributed by atoms with van der Waals surface area (Å²) in [7, 11) is 0. The molecule has 0 aromatic heterocycles. The van der Waals surface area contributed by atoms with Crippen LogP contribution in [0.4, 0.5) is 0 Å². The number of benzene rings is 2. The van der Waals surface area contributed by atoms with Crippen molar-refractivity contribution >= 4 is 17.3 Å². The highest BCUT2D eigenvalue weighted by molar-refractivity contribution is 7.80. The quantitative estimate of drug-likeness (QED) is 0.305. The molecule has 29 heavy (non-hydrogen) atoms. The van der Waals surface area contributed by atoms with E-state index in [2.05, 4.69) is 50.2 Å². The molecule has 2 aromatic rings. The van der Waals surface area contributed by atoms with E-state index in [-0.39, 0.29) is 0 Å². The Balaban J connectivity index is 1.51. The molecule has 0 radical (unpaired) electrons. The van der Waals surface area contributed by atoms with Crippen LogP contribution in [0.3, 0.4) is 0 Å². The third-order valence-electron chi connectivity index (χ3n) is 6.36. The van der Waals surface area contributed by atoms with Crippen LogP contribution in [0.15, 0.2) is 48.5 Å². The number of rotatable bonds is 9. The van der Waals surface area contributed by atoms with Crippen LogP contribution in [0, 0.1) is 5.92 Å². The second-order valence-electron chi connectivity index (χ2n) is 8.62. The SMILES string of the molecule is CCCCCc1ccc(OC(=S)c2ccc([C@H]3CC[C@H](CCC)CC3)cc2)cc1. The van der Waals surface area contributed by atoms with Crippen molar-refractivity contribution in [3.05, 3.63) is 65.2 Å². The van der Waals surface area contributed by atoms with Crippen molar-refractivity contribution < 1.29 is 4.74 Å². The summed E-state index contributed by atoms with van der Waals surface area (Å²) in [5, 5.41) is 0.557. The first-order chi connectivity index (χ1) is 14.2. The lowest BCUT2D eigenvalue weighted by molar-refractivity contribution is 0.308. The smallest absolute Gasteiger partial charge is 0.198 e. The number of ether oxygens (including phenoxy) is 1. The molecule has 0 unspecified atom stereocenters. The molecular formula is C27H36OS. The van der Waals surface area contributed by atoms with Gasteiger partial charge in [-0.3, -0.25) is 0 Å². The molecule has 0 saturated heterocycles. The van der Waals surface area contributed by atoms with E-state index < -0.39 is 0 Å². The minimum atomic E-state index is 0.557. The molecule has 1 aliphatic carbocycles. The van der Waals surface area contributed by atoms with Crippen LogP contribution in [0.25, 0.3) is 0 Å². The molecule has 2 aromatic carbocycles. The van der Waals surface area contributed by atoms with Gasteiger partial charge in [0.1, 0.15) is 5.75 Å². The van der Waals surface area contributed by atoms with Gasteiger partial charge in [0.15, 0.2) is 5.05 Å². The second-order valence-corrected chi connectivity index (χ2v) is 8.99. The maximum absolute atomic E-state index is 5.94. The highest BCUT2D eigenvalue weighted by Crippen LogP contribution is 2.37. The minimum absolute atomic E-state index is 0.557. The van der Waals surface area contributed by atoms with Crippen molar-refractivity contribution in [2.24, 2.45) is 5.92 Å². The van der Waals surface area contributed by atoms with E-state index in [1.165, 1.54) is 68.9 Å². The second kappa shape index (κ2) is 11.5. The van der Waals surface area contributed by atoms with Crippen molar-refractivity contribution in [1.29, 1.82) is 0 Å². The topological polar surface area (TPSA) is 9.23 Å². The van der Waals surface area contributed by atoms with E-state index in [9.17, 15) is 0 Å². The summed E-state index contributed by atoms with van der Waals surface area (Å²) in [6.07, 6.45) is 13.1. The van der Waals surface area contributed by atoms with E-state index in [0.29, 0.717) is 11.0 Å². The van der Waals surface area contributed by atoms with Gasteiger partial charge in [0.05, 0.1) is 0 Å². The largest absolute Gasteiger partial charge is 0.445 e. The average Bonchev–Trinajstić information content (AvgIpc) is 2.76. The number of thiocarbonyl (C=S) groups is 1. The fraction of sp³-hybridized carbons (Fsp3) is 0.519. The average molecular weight is 409 g/mol. The highest BCUT2D eigenvalue weighted by Gasteiger charge is 2.21. The summed E-state index contributed by atoms with van der Waals surface area (Å²) in [4.78, 5) is 0. The standard InChI is InChI=1S/C27H36OS/c1-3-5-6-8-22-11-19-26(20-12-22)28-27(29)25-17-15-24(16-18-25)23-13-9-21(7-4-2)10-14-23/h11-12,15-21,23H,3-10,13-14H2,1-2H3/t21-,23-. The first kappa shape index (κ1) is 22.0. The normalized spacial score (nSPS) is 19.1. The summed E-state index contributed by atoms with van der Waals surface area (Å²) in [5.41, 5.74) is 3.83. The molecule has 0 heterocycles. The number of unbranched alkanes of at least 4 members (excludes halogenated alkanes) is 2. The zero-order chi connectivity index (χ0) is 20.5. The Morgan fingerprint density at radius 1 is 0.862 bits per heavy atom. The van der Waals surface area contributed by atoms with Crippen LogP contribution in [0.2, 0.25) is 0 Å². The van der Waals surface area contributed by atoms with Crippen molar-refractivity contribution in [2.45, 2.75) is 84.0 Å². The fourth-order valence-corrected chi connectivity index (χ4v) is 4.79. The molecule has 0 atom stereocenters. The molecule has 3 rings (SSSR count). The molecule has 2 heteroatoms. The predicted molar refractivity (Wildman–Crippen MR) is 128 cm³/mol. The zero-order valence-electron chi connectivity index (χ0n) is 18.2. The number of hydrogen-bond acceptors (Lipinski definition) is 2. The molecule has 0 spiro atoms. The minimum Gasteiger partial charge on any atom is -0.445 e. The summed E-state index contributed by atoms with van der Waals surface area (Å²) < 4.78 is 5.94. The van der Waals surface area contributed by atoms with Crippen LogP contribution in [0.1, 0.15) is 94.2 Å². The summed E-state index contributed by atoms with van der Waals surface area (Å²) in [6, 6.07) is 17.2. The van der Waals surface area contributed by atoms with Gasteiger partial charge in [-0.2, -0.15) is 0 Å². The Hall–Kier alpha value is -1.67. The van der Waals surface area contributed by atoms with Crippen LogP contribution in [-0.2, 0) is 6.42 Å². The van der Waals surface area contributed by atoms with Gasteiger partial charge in [0.25, 0.3) is 0 Å². The third-order valence-corrected chi connectivity index (χ3v) is 6.68. The molecule has 1 aliphatic rings. The molecular weight excluding hydrogens is 372 g/mol. The summed E-state index contributed by atoms with van der Waals surface area (Å²) in [6.45, 7) is 4.54. The highest BCUT2D eigenvalue weighted by atomic mass is 32.1. The van der Waals surface area contributed by atoms with Gasteiger partial charge in [0, 0.05) is 5.56 Å². The van der Waals surface area contributed by atoms with Crippen molar-refractivity contribution in [1.82, 2.24) is 0 Å². The summed E-state index contributed by atoms with van der Waals surface area (Å²) >= 11 is 5.54. The maximum atomic E-state index is 5.94. The van der Waals surface area contributed by atoms with E-state index in [1.807, 2.05) is 12.1 Å². The van der Waals surface area contributed by atoms with E-state index in [1.54, 1.807) is 0 Å². The molecule has 1 fully saturated rings. The number of hydrogen-bond donors (Lipinski definition) is 0. The van der Waals surface area contributed by atoms with E-state index >= 15 is 0 Å². The van der Waals surface area contributed by atoms with E-state index in [0.717, 1.165) is 23.7 Å². The molecule has 1 nitrogen and oxygen atoms in total. The molecule has 1 saturated carbocycles. The maximum Gasteiger partial charge on any atom is 0.198 e. The monoisotopic (exact) mass is 408 g/mol. The van der Waals surface area contributed by atoms with Gasteiger partial charge in [0.2, 0.25) is 0 Å². The molecule has 0 amide bonds. The molecule has 0 bridgehead atoms. The van der Waals surface area contributed by atoms with Crippen LogP contribution >= 0.6 is 12.2 Å². The molecule has 0 aliphatic heterocycles. The first-order valence-electron chi connectivity index (χ1n) is 11.6. The summed E-state index contributed by atoms with van der Waals surface area (Å²) in [5.74, 6) is 2.49. The fourth-order valence-electron chi connectivity index (χ4n) is 4.55. The Morgan fingerprint density at radius 3 is 2.17 bits per heavy atom. The lowest BCUT2D eigenvalue weighted by atomic mass is 9.77. The van der Waals surface area contributed by atoms with Crippen molar-refractivity contribution in [3.8, 4) is 5.75 Å². The van der Waals surface area contributed by atoms with Crippen LogP contribution in [-0.4, -0.2) is 5.05 Å². The van der Waals surface area contributed by atoms with Crippen LogP contribution < -0.4 is 4.74 Å². The number of aryl methyl sites for hydroxylation is 1. The zero-order valence-corrected chi connectivity index (χ0v) is 19.0.